The molecular formula is C15H18N4O. The topological polar surface area (TPSA) is 66.9 Å². The molecule has 0 bridgehead atoms. The van der Waals surface area contributed by atoms with E-state index < -0.39 is 0 Å². The van der Waals surface area contributed by atoms with Crippen molar-refractivity contribution >= 4 is 17.5 Å². The van der Waals surface area contributed by atoms with E-state index >= 15 is 0 Å². The van der Waals surface area contributed by atoms with Gasteiger partial charge in [0.25, 0.3) is 5.91 Å². The van der Waals surface area contributed by atoms with Crippen molar-refractivity contribution in [1.82, 2.24) is 15.3 Å². The second-order valence-corrected chi connectivity index (χ2v) is 4.92. The Morgan fingerprint density at radius 3 is 2.50 bits per heavy atom. The molecule has 1 heterocycles. The van der Waals surface area contributed by atoms with Gasteiger partial charge in [-0.25, -0.2) is 9.97 Å². The second kappa shape index (κ2) is 6.14. The number of carbonyl (C=O) groups excluding carboxylic acids is 1. The lowest BCUT2D eigenvalue weighted by Crippen LogP contribution is -2.30. The van der Waals surface area contributed by atoms with Gasteiger partial charge in [-0.05, 0) is 38.5 Å². The Morgan fingerprint density at radius 2 is 1.90 bits per heavy atom. The van der Waals surface area contributed by atoms with Crippen molar-refractivity contribution in [2.75, 3.05) is 5.32 Å². The molecule has 1 amide bonds. The fraction of sp³-hybridized carbons (Fsp3) is 0.267. The summed E-state index contributed by atoms with van der Waals surface area (Å²) in [6.45, 7) is 5.84. The van der Waals surface area contributed by atoms with Gasteiger partial charge in [-0.2, -0.15) is 0 Å². The highest BCUT2D eigenvalue weighted by molar-refractivity contribution is 5.93. The summed E-state index contributed by atoms with van der Waals surface area (Å²) in [6.07, 6.45) is 3.03. The molecule has 5 nitrogen and oxygen atoms in total. The minimum absolute atomic E-state index is 0.0904. The summed E-state index contributed by atoms with van der Waals surface area (Å²) in [4.78, 5) is 20.1. The van der Waals surface area contributed by atoms with Gasteiger partial charge in [0.05, 0.1) is 5.56 Å². The normalized spacial score (nSPS) is 10.4. The average Bonchev–Trinajstić information content (AvgIpc) is 2.38. The first-order valence-electron chi connectivity index (χ1n) is 6.51. The van der Waals surface area contributed by atoms with Crippen LogP contribution in [0.3, 0.4) is 0 Å². The Morgan fingerprint density at radius 1 is 1.20 bits per heavy atom. The Bertz CT molecular complexity index is 593. The van der Waals surface area contributed by atoms with Gasteiger partial charge in [0.15, 0.2) is 0 Å². The predicted octanol–water partition coefficient (Wildman–Crippen LogP) is 2.67. The second-order valence-electron chi connectivity index (χ2n) is 4.92. The number of benzene rings is 1. The average molecular weight is 270 g/mol. The zero-order chi connectivity index (χ0) is 14.5. The Balaban J connectivity index is 2.07. The van der Waals surface area contributed by atoms with Crippen LogP contribution in [0.25, 0.3) is 0 Å². The van der Waals surface area contributed by atoms with Crippen LogP contribution < -0.4 is 10.6 Å². The van der Waals surface area contributed by atoms with Crippen LogP contribution in [0, 0.1) is 6.92 Å². The van der Waals surface area contributed by atoms with Crippen LogP contribution in [0.2, 0.25) is 0 Å². The molecular weight excluding hydrogens is 252 g/mol. The molecule has 0 aliphatic rings. The van der Waals surface area contributed by atoms with Crippen LogP contribution in [0.4, 0.5) is 11.6 Å². The summed E-state index contributed by atoms with van der Waals surface area (Å²) < 4.78 is 0. The van der Waals surface area contributed by atoms with Gasteiger partial charge in [-0.3, -0.25) is 4.79 Å². The van der Waals surface area contributed by atoms with E-state index in [9.17, 15) is 4.79 Å². The number of nitrogens with one attached hydrogen (secondary N) is 2. The van der Waals surface area contributed by atoms with Crippen molar-refractivity contribution < 1.29 is 4.79 Å². The lowest BCUT2D eigenvalue weighted by Gasteiger charge is -2.08. The van der Waals surface area contributed by atoms with Crippen molar-refractivity contribution in [3.63, 3.8) is 0 Å². The van der Waals surface area contributed by atoms with E-state index in [0.717, 1.165) is 11.3 Å². The SMILES string of the molecule is Cc1cccc(Nc2ncc(C(=O)NC(C)C)cn2)c1. The minimum atomic E-state index is -0.165. The maximum absolute atomic E-state index is 11.8. The molecule has 1 aromatic heterocycles. The lowest BCUT2D eigenvalue weighted by atomic mass is 10.2. The number of hydrogen-bond donors (Lipinski definition) is 2. The summed E-state index contributed by atoms with van der Waals surface area (Å²) in [6, 6.07) is 8.01. The quantitative estimate of drug-likeness (QED) is 0.896. The van der Waals surface area contributed by atoms with Crippen molar-refractivity contribution in [1.29, 1.82) is 0 Å². The number of hydrogen-bond acceptors (Lipinski definition) is 4. The first kappa shape index (κ1) is 14.0. The molecule has 1 aromatic carbocycles. The lowest BCUT2D eigenvalue weighted by molar-refractivity contribution is 0.0942. The molecule has 0 atom stereocenters. The molecule has 0 fully saturated rings. The van der Waals surface area contributed by atoms with Gasteiger partial charge in [0, 0.05) is 24.1 Å². The van der Waals surface area contributed by atoms with Crippen LogP contribution in [-0.4, -0.2) is 21.9 Å². The molecule has 0 unspecified atom stereocenters. The zero-order valence-corrected chi connectivity index (χ0v) is 11.8. The largest absolute Gasteiger partial charge is 0.350 e. The van der Waals surface area contributed by atoms with Gasteiger partial charge < -0.3 is 10.6 Å². The van der Waals surface area contributed by atoms with Gasteiger partial charge in [0.2, 0.25) is 5.95 Å². The Labute approximate surface area is 118 Å². The highest BCUT2D eigenvalue weighted by atomic mass is 16.1. The smallest absolute Gasteiger partial charge is 0.254 e. The molecule has 2 aromatic rings. The van der Waals surface area contributed by atoms with Gasteiger partial charge in [-0.1, -0.05) is 12.1 Å². The monoisotopic (exact) mass is 270 g/mol. The fourth-order valence-electron chi connectivity index (χ4n) is 1.71. The van der Waals surface area contributed by atoms with Crippen LogP contribution in [0.5, 0.6) is 0 Å². The molecule has 0 aliphatic carbocycles. The molecule has 0 aliphatic heterocycles. The van der Waals surface area contributed by atoms with Gasteiger partial charge >= 0.3 is 0 Å². The molecule has 0 spiro atoms. The summed E-state index contributed by atoms with van der Waals surface area (Å²) >= 11 is 0. The molecule has 5 heteroatoms. The molecule has 2 rings (SSSR count). The van der Waals surface area contributed by atoms with Gasteiger partial charge in [-0.15, -0.1) is 0 Å². The first-order chi connectivity index (χ1) is 9.54. The van der Waals surface area contributed by atoms with Crippen LogP contribution in [-0.2, 0) is 0 Å². The number of aryl methyl sites for hydroxylation is 1. The Hall–Kier alpha value is -2.43. The van der Waals surface area contributed by atoms with E-state index in [1.807, 2.05) is 45.0 Å². The third kappa shape index (κ3) is 3.78. The molecule has 0 saturated heterocycles. The van der Waals surface area contributed by atoms with E-state index in [4.69, 9.17) is 0 Å². The predicted molar refractivity (Wildman–Crippen MR) is 79.1 cm³/mol. The summed E-state index contributed by atoms with van der Waals surface area (Å²) in [5, 5.41) is 5.89. The van der Waals surface area contributed by atoms with E-state index in [2.05, 4.69) is 20.6 Å². The van der Waals surface area contributed by atoms with E-state index in [1.54, 1.807) is 0 Å². The number of amides is 1. The van der Waals surface area contributed by atoms with Crippen LogP contribution >= 0.6 is 0 Å². The van der Waals surface area contributed by atoms with Crippen LogP contribution in [0.1, 0.15) is 29.8 Å². The van der Waals surface area contributed by atoms with Crippen molar-refractivity contribution in [2.24, 2.45) is 0 Å². The number of anilines is 2. The van der Waals surface area contributed by atoms with E-state index in [-0.39, 0.29) is 11.9 Å². The number of rotatable bonds is 4. The van der Waals surface area contributed by atoms with E-state index in [1.165, 1.54) is 12.4 Å². The standard InChI is InChI=1S/C15H18N4O/c1-10(2)18-14(20)12-8-16-15(17-9-12)19-13-6-4-5-11(3)7-13/h4-10H,1-3H3,(H,18,20)(H,16,17,19). The maximum atomic E-state index is 11.8. The summed E-state index contributed by atoms with van der Waals surface area (Å²) in [5.41, 5.74) is 2.53. The molecule has 20 heavy (non-hydrogen) atoms. The highest BCUT2D eigenvalue weighted by Crippen LogP contribution is 2.13. The first-order valence-corrected chi connectivity index (χ1v) is 6.51. The van der Waals surface area contributed by atoms with Crippen molar-refractivity contribution in [2.45, 2.75) is 26.8 Å². The third-order valence-electron chi connectivity index (χ3n) is 2.61. The third-order valence-corrected chi connectivity index (χ3v) is 2.61. The minimum Gasteiger partial charge on any atom is -0.350 e. The van der Waals surface area contributed by atoms with Crippen LogP contribution in [0.15, 0.2) is 36.7 Å². The number of nitrogens with zero attached hydrogens (tertiary/aromatic N) is 2. The fourth-order valence-corrected chi connectivity index (χ4v) is 1.71. The molecule has 104 valence electrons. The zero-order valence-electron chi connectivity index (χ0n) is 11.8. The van der Waals surface area contributed by atoms with Crippen molar-refractivity contribution in [3.8, 4) is 0 Å². The Kier molecular flexibility index (Phi) is 4.30. The van der Waals surface area contributed by atoms with Gasteiger partial charge in [0.1, 0.15) is 0 Å². The maximum Gasteiger partial charge on any atom is 0.254 e. The highest BCUT2D eigenvalue weighted by Gasteiger charge is 2.08. The summed E-state index contributed by atoms with van der Waals surface area (Å²) in [7, 11) is 0. The number of aromatic nitrogens is 2. The molecule has 0 saturated carbocycles. The molecule has 2 N–H and O–H groups in total. The summed E-state index contributed by atoms with van der Waals surface area (Å²) in [5.74, 6) is 0.304. The van der Waals surface area contributed by atoms with E-state index in [0.29, 0.717) is 11.5 Å². The number of carbonyl (C=O) groups is 1. The molecule has 0 radical (unpaired) electrons. The van der Waals surface area contributed by atoms with Crippen molar-refractivity contribution in [3.05, 3.63) is 47.8 Å².